The SMILES string of the molecule is C[C@]1(C(=O)NCc2ccc(F)cc2)CCCN(S(=O)(=O)c2ccc(Cl)s2)C1. The fourth-order valence-corrected chi connectivity index (χ4v) is 6.38. The molecule has 0 spiro atoms. The summed E-state index contributed by atoms with van der Waals surface area (Å²) in [6.07, 6.45) is 1.19. The molecule has 1 aliphatic rings. The first-order valence-corrected chi connectivity index (χ1v) is 11.1. The number of hydrogen-bond donors (Lipinski definition) is 1. The fourth-order valence-electron chi connectivity index (χ4n) is 3.14. The highest BCUT2D eigenvalue weighted by atomic mass is 35.5. The van der Waals surface area contributed by atoms with E-state index in [0.29, 0.717) is 23.7 Å². The van der Waals surface area contributed by atoms with Gasteiger partial charge in [0.2, 0.25) is 5.91 Å². The predicted molar refractivity (Wildman–Crippen MR) is 104 cm³/mol. The Kier molecular flexibility index (Phi) is 5.90. The molecule has 0 aliphatic carbocycles. The summed E-state index contributed by atoms with van der Waals surface area (Å²) in [7, 11) is -3.67. The molecule has 0 bridgehead atoms. The van der Waals surface area contributed by atoms with Gasteiger partial charge in [0.15, 0.2) is 0 Å². The van der Waals surface area contributed by atoms with Crippen molar-refractivity contribution in [3.8, 4) is 0 Å². The molecular weight excluding hydrogens is 411 g/mol. The average Bonchev–Trinajstić information content (AvgIpc) is 3.08. The zero-order chi connectivity index (χ0) is 19.7. The van der Waals surface area contributed by atoms with Crippen LogP contribution in [0.15, 0.2) is 40.6 Å². The van der Waals surface area contributed by atoms with Crippen molar-refractivity contribution in [1.29, 1.82) is 0 Å². The lowest BCUT2D eigenvalue weighted by atomic mass is 9.82. The van der Waals surface area contributed by atoms with E-state index in [0.717, 1.165) is 16.9 Å². The molecule has 0 saturated carbocycles. The first-order valence-electron chi connectivity index (χ1n) is 8.49. The van der Waals surface area contributed by atoms with Crippen molar-refractivity contribution in [2.75, 3.05) is 13.1 Å². The predicted octanol–water partition coefficient (Wildman–Crippen LogP) is 3.65. The molecule has 146 valence electrons. The van der Waals surface area contributed by atoms with Crippen molar-refractivity contribution < 1.29 is 17.6 Å². The number of hydrogen-bond acceptors (Lipinski definition) is 4. The van der Waals surface area contributed by atoms with Gasteiger partial charge in [0.1, 0.15) is 10.0 Å². The molecule has 1 aromatic heterocycles. The lowest BCUT2D eigenvalue weighted by molar-refractivity contribution is -0.132. The van der Waals surface area contributed by atoms with Gasteiger partial charge in [-0.25, -0.2) is 12.8 Å². The summed E-state index contributed by atoms with van der Waals surface area (Å²) in [6.45, 7) is 2.52. The van der Waals surface area contributed by atoms with Crippen LogP contribution in [0, 0.1) is 11.2 Å². The standard InChI is InChI=1S/C18H20ClFN2O3S2/c1-18(17(23)21-11-13-3-5-14(20)6-4-13)9-2-10-22(12-18)27(24,25)16-8-7-15(19)26-16/h3-8H,2,9-12H2,1H3,(H,21,23)/t18-/m0/s1. The van der Waals surface area contributed by atoms with Crippen LogP contribution >= 0.6 is 22.9 Å². The molecule has 2 aromatic rings. The monoisotopic (exact) mass is 430 g/mol. The minimum atomic E-state index is -3.67. The molecule has 1 amide bonds. The number of carbonyl (C=O) groups excluding carboxylic acids is 1. The van der Waals surface area contributed by atoms with Crippen LogP contribution in [0.25, 0.3) is 0 Å². The van der Waals surface area contributed by atoms with Crippen LogP contribution in [0.4, 0.5) is 4.39 Å². The van der Waals surface area contributed by atoms with Crippen LogP contribution in [0.3, 0.4) is 0 Å². The highest BCUT2D eigenvalue weighted by molar-refractivity contribution is 7.91. The fraction of sp³-hybridized carbons (Fsp3) is 0.389. The lowest BCUT2D eigenvalue weighted by Crippen LogP contribution is -2.51. The van der Waals surface area contributed by atoms with E-state index in [1.807, 2.05) is 0 Å². The van der Waals surface area contributed by atoms with Crippen molar-refractivity contribution in [2.24, 2.45) is 5.41 Å². The van der Waals surface area contributed by atoms with Crippen molar-refractivity contribution in [1.82, 2.24) is 9.62 Å². The zero-order valence-corrected chi connectivity index (χ0v) is 17.1. The summed E-state index contributed by atoms with van der Waals surface area (Å²) < 4.78 is 40.6. The summed E-state index contributed by atoms with van der Waals surface area (Å²) in [5, 5.41) is 2.84. The van der Waals surface area contributed by atoms with Gasteiger partial charge in [0, 0.05) is 19.6 Å². The van der Waals surface area contributed by atoms with Gasteiger partial charge < -0.3 is 5.32 Å². The Morgan fingerprint density at radius 2 is 2.00 bits per heavy atom. The van der Waals surface area contributed by atoms with Crippen LogP contribution < -0.4 is 5.32 Å². The number of amides is 1. The highest BCUT2D eigenvalue weighted by Crippen LogP contribution is 2.35. The quantitative estimate of drug-likeness (QED) is 0.787. The van der Waals surface area contributed by atoms with E-state index in [1.54, 1.807) is 25.1 Å². The molecule has 3 rings (SSSR count). The van der Waals surface area contributed by atoms with E-state index in [9.17, 15) is 17.6 Å². The number of piperidine rings is 1. The van der Waals surface area contributed by atoms with E-state index >= 15 is 0 Å². The largest absolute Gasteiger partial charge is 0.352 e. The van der Waals surface area contributed by atoms with E-state index in [4.69, 9.17) is 11.6 Å². The minimum Gasteiger partial charge on any atom is -0.352 e. The zero-order valence-electron chi connectivity index (χ0n) is 14.7. The minimum absolute atomic E-state index is 0.111. The number of sulfonamides is 1. The van der Waals surface area contributed by atoms with Crippen LogP contribution in [-0.2, 0) is 21.4 Å². The second-order valence-electron chi connectivity index (χ2n) is 6.87. The molecular formula is C18H20ClFN2O3S2. The maximum absolute atomic E-state index is 13.0. The van der Waals surface area contributed by atoms with Gasteiger partial charge in [-0.3, -0.25) is 4.79 Å². The number of benzene rings is 1. The van der Waals surface area contributed by atoms with Crippen LogP contribution in [0.5, 0.6) is 0 Å². The topological polar surface area (TPSA) is 66.5 Å². The summed E-state index contributed by atoms with van der Waals surface area (Å²) >= 11 is 6.88. The van der Waals surface area contributed by atoms with Gasteiger partial charge in [-0.2, -0.15) is 4.31 Å². The van der Waals surface area contributed by atoms with Gasteiger partial charge in [0.25, 0.3) is 10.0 Å². The number of rotatable bonds is 5. The van der Waals surface area contributed by atoms with Crippen molar-refractivity contribution in [3.63, 3.8) is 0 Å². The van der Waals surface area contributed by atoms with Gasteiger partial charge in [-0.1, -0.05) is 23.7 Å². The number of nitrogens with one attached hydrogen (secondary N) is 1. The van der Waals surface area contributed by atoms with E-state index in [1.165, 1.54) is 22.5 Å². The van der Waals surface area contributed by atoms with E-state index in [2.05, 4.69) is 5.32 Å². The van der Waals surface area contributed by atoms with E-state index in [-0.39, 0.29) is 29.0 Å². The molecule has 0 radical (unpaired) electrons. The first kappa shape index (κ1) is 20.3. The van der Waals surface area contributed by atoms with Gasteiger partial charge in [-0.05, 0) is 49.6 Å². The van der Waals surface area contributed by atoms with Crippen molar-refractivity contribution in [2.45, 2.75) is 30.5 Å². The first-order chi connectivity index (χ1) is 12.7. The molecule has 0 unspecified atom stereocenters. The second-order valence-corrected chi connectivity index (χ2v) is 10.8. The Balaban J connectivity index is 1.69. The molecule has 1 saturated heterocycles. The molecule has 9 heteroatoms. The van der Waals surface area contributed by atoms with Gasteiger partial charge in [0.05, 0.1) is 9.75 Å². The molecule has 1 fully saturated rings. The summed E-state index contributed by atoms with van der Waals surface area (Å²) in [5.41, 5.74) is -0.0475. The molecule has 1 N–H and O–H groups in total. The Morgan fingerprint density at radius 3 is 2.63 bits per heavy atom. The Bertz CT molecular complexity index is 930. The molecule has 1 aromatic carbocycles. The van der Waals surface area contributed by atoms with Crippen LogP contribution in [0.1, 0.15) is 25.3 Å². The van der Waals surface area contributed by atoms with Gasteiger partial charge in [-0.15, -0.1) is 11.3 Å². The summed E-state index contributed by atoms with van der Waals surface area (Å²) in [5.74, 6) is -0.546. The number of carbonyl (C=O) groups is 1. The molecule has 1 aliphatic heterocycles. The van der Waals surface area contributed by atoms with Crippen LogP contribution in [0.2, 0.25) is 4.34 Å². The third kappa shape index (κ3) is 4.51. The average molecular weight is 431 g/mol. The van der Waals surface area contributed by atoms with Crippen molar-refractivity contribution in [3.05, 3.63) is 52.1 Å². The lowest BCUT2D eigenvalue weighted by Gasteiger charge is -2.38. The Hall–Kier alpha value is -1.48. The third-order valence-electron chi connectivity index (χ3n) is 4.72. The molecule has 2 heterocycles. The Labute approximate surface area is 167 Å². The Morgan fingerprint density at radius 1 is 1.30 bits per heavy atom. The smallest absolute Gasteiger partial charge is 0.252 e. The summed E-state index contributed by atoms with van der Waals surface area (Å²) in [4.78, 5) is 12.7. The molecule has 1 atom stereocenters. The highest BCUT2D eigenvalue weighted by Gasteiger charge is 2.42. The maximum atomic E-state index is 13.0. The van der Waals surface area contributed by atoms with Crippen LogP contribution in [-0.4, -0.2) is 31.7 Å². The number of thiophene rings is 1. The van der Waals surface area contributed by atoms with E-state index < -0.39 is 15.4 Å². The second kappa shape index (κ2) is 7.87. The normalized spacial score (nSPS) is 21.1. The number of nitrogens with zero attached hydrogens (tertiary/aromatic N) is 1. The summed E-state index contributed by atoms with van der Waals surface area (Å²) in [6, 6.07) is 8.93. The maximum Gasteiger partial charge on any atom is 0.252 e. The molecule has 27 heavy (non-hydrogen) atoms. The number of halogens is 2. The molecule has 5 nitrogen and oxygen atoms in total. The van der Waals surface area contributed by atoms with Gasteiger partial charge >= 0.3 is 0 Å². The third-order valence-corrected chi connectivity index (χ3v) is 8.26. The van der Waals surface area contributed by atoms with Crippen molar-refractivity contribution >= 4 is 38.9 Å².